The van der Waals surface area contributed by atoms with Gasteiger partial charge in [0.2, 0.25) is 0 Å². The van der Waals surface area contributed by atoms with Gasteiger partial charge in [-0.1, -0.05) is 6.92 Å². The molecule has 0 aromatic carbocycles. The minimum atomic E-state index is -1.11. The van der Waals surface area contributed by atoms with Crippen LogP contribution in [0, 0.1) is 35.0 Å². The van der Waals surface area contributed by atoms with Gasteiger partial charge in [-0.05, 0) is 94.3 Å². The highest BCUT2D eigenvalue weighted by Gasteiger charge is 2.64. The fourth-order valence-corrected chi connectivity index (χ4v) is 7.96. The number of Topliss-reactive ketones (excluding diaryl/α,β-unsaturated/α-hetero) is 1. The van der Waals surface area contributed by atoms with Crippen molar-refractivity contribution in [3.05, 3.63) is 0 Å². The Hall–Kier alpha value is -0.450. The molecule has 0 aliphatic heterocycles. The average Bonchev–Trinajstić information content (AvgIpc) is 2.87. The second-order valence-corrected chi connectivity index (χ2v) is 10.2. The molecule has 0 aromatic heterocycles. The predicted molar refractivity (Wildman–Crippen MR) is 99.6 cm³/mol. The molecule has 4 aliphatic rings. The molecule has 4 unspecified atom stereocenters. The Morgan fingerprint density at radius 1 is 1.00 bits per heavy atom. The monoisotopic (exact) mass is 364 g/mol. The van der Waals surface area contributed by atoms with E-state index in [-0.39, 0.29) is 11.2 Å². The normalized spacial score (nSPS) is 53.5. The number of ketones is 1. The maximum Gasteiger partial charge on any atom is 0.161 e. The van der Waals surface area contributed by atoms with Crippen LogP contribution in [0.15, 0.2) is 0 Å². The number of hydrogen-bond donors (Lipinski definition) is 2. The molecule has 0 spiro atoms. The molecule has 4 aliphatic carbocycles. The summed E-state index contributed by atoms with van der Waals surface area (Å²) in [6, 6.07) is 0. The molecule has 26 heavy (non-hydrogen) atoms. The standard InChI is InChI=1S/C22H36O4/c1-14(23)22(25)11-8-19-18-5-4-15-12-21(24,13-26-3)10-7-16(15)17(18)6-9-20(19,22)2/h15-19,24-25H,4-13H2,1-3H3/t15-,16?,17?,18?,19?,20-,21+,22-/m0/s1. The summed E-state index contributed by atoms with van der Waals surface area (Å²) in [6.07, 6.45) is 8.97. The first-order valence-electron chi connectivity index (χ1n) is 10.7. The number of rotatable bonds is 3. The Kier molecular flexibility index (Phi) is 4.57. The zero-order valence-electron chi connectivity index (χ0n) is 16.7. The van der Waals surface area contributed by atoms with Crippen LogP contribution in [0.4, 0.5) is 0 Å². The van der Waals surface area contributed by atoms with Crippen LogP contribution in [-0.4, -0.2) is 40.9 Å². The first-order chi connectivity index (χ1) is 12.2. The van der Waals surface area contributed by atoms with E-state index in [0.717, 1.165) is 38.5 Å². The van der Waals surface area contributed by atoms with Crippen molar-refractivity contribution in [2.75, 3.05) is 13.7 Å². The van der Waals surface area contributed by atoms with E-state index in [1.165, 1.54) is 12.8 Å². The molecule has 0 radical (unpaired) electrons. The van der Waals surface area contributed by atoms with Crippen LogP contribution < -0.4 is 0 Å². The first kappa shape index (κ1) is 18.9. The Balaban J connectivity index is 1.54. The number of aliphatic hydroxyl groups is 2. The molecule has 4 nitrogen and oxygen atoms in total. The highest BCUT2D eigenvalue weighted by molar-refractivity contribution is 5.86. The minimum absolute atomic E-state index is 0.0306. The van der Waals surface area contributed by atoms with Crippen LogP contribution in [0.2, 0.25) is 0 Å². The van der Waals surface area contributed by atoms with Gasteiger partial charge in [-0.15, -0.1) is 0 Å². The van der Waals surface area contributed by atoms with E-state index in [1.807, 2.05) is 0 Å². The third-order valence-electron chi connectivity index (χ3n) is 9.25. The van der Waals surface area contributed by atoms with Gasteiger partial charge in [0.05, 0.1) is 12.2 Å². The van der Waals surface area contributed by atoms with E-state index >= 15 is 0 Å². The van der Waals surface area contributed by atoms with Crippen molar-refractivity contribution in [1.82, 2.24) is 0 Å². The lowest BCUT2D eigenvalue weighted by molar-refractivity contribution is -0.165. The van der Waals surface area contributed by atoms with Gasteiger partial charge in [-0.25, -0.2) is 0 Å². The maximum atomic E-state index is 12.3. The Morgan fingerprint density at radius 2 is 1.73 bits per heavy atom. The van der Waals surface area contributed by atoms with Gasteiger partial charge in [0, 0.05) is 12.5 Å². The Bertz CT molecular complexity index is 576. The van der Waals surface area contributed by atoms with Crippen molar-refractivity contribution in [3.63, 3.8) is 0 Å². The summed E-state index contributed by atoms with van der Waals surface area (Å²) in [6.45, 7) is 4.22. The number of carbonyl (C=O) groups excluding carboxylic acids is 1. The molecule has 0 saturated heterocycles. The number of carbonyl (C=O) groups is 1. The molecular weight excluding hydrogens is 328 g/mol. The van der Waals surface area contributed by atoms with Crippen molar-refractivity contribution in [3.8, 4) is 0 Å². The second kappa shape index (κ2) is 6.28. The smallest absolute Gasteiger partial charge is 0.161 e. The van der Waals surface area contributed by atoms with E-state index < -0.39 is 11.2 Å². The summed E-state index contributed by atoms with van der Waals surface area (Å²) in [7, 11) is 1.68. The van der Waals surface area contributed by atoms with Crippen molar-refractivity contribution >= 4 is 5.78 Å². The van der Waals surface area contributed by atoms with Crippen molar-refractivity contribution in [1.29, 1.82) is 0 Å². The summed E-state index contributed by atoms with van der Waals surface area (Å²) in [5.74, 6) is 3.14. The van der Waals surface area contributed by atoms with Gasteiger partial charge >= 0.3 is 0 Å². The van der Waals surface area contributed by atoms with Crippen LogP contribution >= 0.6 is 0 Å². The molecule has 2 N–H and O–H groups in total. The van der Waals surface area contributed by atoms with Crippen molar-refractivity contribution in [2.45, 2.75) is 82.8 Å². The van der Waals surface area contributed by atoms with Crippen LogP contribution in [0.3, 0.4) is 0 Å². The fourth-order valence-electron chi connectivity index (χ4n) is 7.96. The van der Waals surface area contributed by atoms with Gasteiger partial charge in [-0.3, -0.25) is 4.79 Å². The lowest BCUT2D eigenvalue weighted by Gasteiger charge is -2.57. The third-order valence-corrected chi connectivity index (χ3v) is 9.25. The highest BCUT2D eigenvalue weighted by atomic mass is 16.5. The van der Waals surface area contributed by atoms with Gasteiger partial charge < -0.3 is 14.9 Å². The molecule has 4 fully saturated rings. The maximum absolute atomic E-state index is 12.3. The van der Waals surface area contributed by atoms with Crippen molar-refractivity contribution in [2.24, 2.45) is 35.0 Å². The summed E-state index contributed by atoms with van der Waals surface area (Å²) in [5.41, 5.74) is -1.97. The summed E-state index contributed by atoms with van der Waals surface area (Å²) in [4.78, 5) is 12.3. The van der Waals surface area contributed by atoms with Gasteiger partial charge in [0.25, 0.3) is 0 Å². The van der Waals surface area contributed by atoms with E-state index in [4.69, 9.17) is 4.74 Å². The summed E-state index contributed by atoms with van der Waals surface area (Å²) >= 11 is 0. The number of fused-ring (bicyclic) bond motifs is 5. The van der Waals surface area contributed by atoms with Gasteiger partial charge in [-0.2, -0.15) is 0 Å². The Morgan fingerprint density at radius 3 is 2.42 bits per heavy atom. The highest BCUT2D eigenvalue weighted by Crippen LogP contribution is 2.65. The predicted octanol–water partition coefficient (Wildman–Crippen LogP) is 3.34. The lowest BCUT2D eigenvalue weighted by atomic mass is 9.48. The zero-order valence-corrected chi connectivity index (χ0v) is 16.7. The van der Waals surface area contributed by atoms with E-state index in [2.05, 4.69) is 6.92 Å². The number of methoxy groups -OCH3 is 1. The molecule has 8 atom stereocenters. The molecule has 148 valence electrons. The third kappa shape index (κ3) is 2.55. The summed E-state index contributed by atoms with van der Waals surface area (Å²) in [5, 5.41) is 22.0. The molecule has 0 aromatic rings. The number of ether oxygens (including phenoxy) is 1. The SMILES string of the molecule is COC[C@@]1(O)CCC2C3CC[C@@]4(C)C(CC[C@]4(O)C(C)=O)C3CC[C@H]2C1. The molecule has 4 rings (SSSR count). The van der Waals surface area contributed by atoms with Gasteiger partial charge in [0.15, 0.2) is 5.78 Å². The fraction of sp³-hybridized carbons (Fsp3) is 0.955. The molecule has 0 heterocycles. The lowest BCUT2D eigenvalue weighted by Crippen LogP contribution is -2.57. The van der Waals surface area contributed by atoms with Crippen LogP contribution in [0.25, 0.3) is 0 Å². The van der Waals surface area contributed by atoms with Crippen LogP contribution in [0.5, 0.6) is 0 Å². The van der Waals surface area contributed by atoms with Gasteiger partial charge in [0.1, 0.15) is 5.60 Å². The van der Waals surface area contributed by atoms with E-state index in [0.29, 0.717) is 42.6 Å². The molecule has 4 saturated carbocycles. The largest absolute Gasteiger partial charge is 0.387 e. The topological polar surface area (TPSA) is 66.8 Å². The van der Waals surface area contributed by atoms with Crippen molar-refractivity contribution < 1.29 is 19.7 Å². The minimum Gasteiger partial charge on any atom is -0.387 e. The zero-order chi connectivity index (χ0) is 18.7. The average molecular weight is 365 g/mol. The Labute approximate surface area is 157 Å². The van der Waals surface area contributed by atoms with Crippen LogP contribution in [-0.2, 0) is 9.53 Å². The van der Waals surface area contributed by atoms with E-state index in [1.54, 1.807) is 14.0 Å². The molecule has 4 heteroatoms. The van der Waals surface area contributed by atoms with E-state index in [9.17, 15) is 15.0 Å². The molecular formula is C22H36O4. The molecule has 0 bridgehead atoms. The first-order valence-corrected chi connectivity index (χ1v) is 10.7. The number of hydrogen-bond acceptors (Lipinski definition) is 4. The quantitative estimate of drug-likeness (QED) is 0.806. The summed E-state index contributed by atoms with van der Waals surface area (Å²) < 4.78 is 5.28. The molecule has 0 amide bonds. The van der Waals surface area contributed by atoms with Crippen LogP contribution in [0.1, 0.15) is 71.6 Å². The second-order valence-electron chi connectivity index (χ2n) is 10.2.